The minimum Gasteiger partial charge on any atom is -0.460 e. The van der Waals surface area contributed by atoms with Gasteiger partial charge in [-0.2, -0.15) is 0 Å². The predicted octanol–water partition coefficient (Wildman–Crippen LogP) is 3.67. The maximum absolute atomic E-state index is 15.5. The van der Waals surface area contributed by atoms with Gasteiger partial charge in [-0.1, -0.05) is 87.5 Å². The molecule has 4 N–H and O–H groups in total. The molecule has 1 aliphatic heterocycles. The smallest absolute Gasteiger partial charge is 0.338 e. The van der Waals surface area contributed by atoms with E-state index in [4.69, 9.17) is 23.7 Å². The first-order valence-electron chi connectivity index (χ1n) is 20.8. The lowest BCUT2D eigenvalue weighted by Gasteiger charge is -2.69. The summed E-state index contributed by atoms with van der Waals surface area (Å²) in [4.78, 5) is 83.6. The molecule has 0 spiro atoms. The number of esters is 4. The van der Waals surface area contributed by atoms with Crippen molar-refractivity contribution in [2.45, 2.75) is 108 Å². The molecule has 3 saturated carbocycles. The third-order valence-corrected chi connectivity index (χ3v) is 14.0. The van der Waals surface area contributed by atoms with Crippen molar-refractivity contribution in [3.63, 3.8) is 0 Å². The van der Waals surface area contributed by atoms with Crippen molar-refractivity contribution in [2.24, 2.45) is 28.6 Å². The molecule has 15 nitrogen and oxygen atoms in total. The molecular weight excluding hydrogens is 803 g/mol. The van der Waals surface area contributed by atoms with Gasteiger partial charge in [0.05, 0.1) is 35.6 Å². The number of fused-ring (bicyclic) bond motifs is 5. The van der Waals surface area contributed by atoms with E-state index in [0.29, 0.717) is 5.56 Å². The first kappa shape index (κ1) is 44.6. The number of amides is 1. The highest BCUT2D eigenvalue weighted by Crippen LogP contribution is 2.65. The average Bonchev–Trinajstić information content (AvgIpc) is 3.24. The van der Waals surface area contributed by atoms with Crippen LogP contribution >= 0.6 is 0 Å². The lowest BCUT2D eigenvalue weighted by Crippen LogP contribution is -2.83. The Balaban J connectivity index is 1.36. The fraction of sp³-hybridized carbons (Fsp3) is 0.489. The molecule has 0 aromatic heterocycles. The van der Waals surface area contributed by atoms with Gasteiger partial charge in [-0.3, -0.25) is 19.2 Å². The Hall–Kier alpha value is -5.48. The SMILES string of the molecule is CC(=O)O[C@@H]1C(=O)[C@@]2(C)C(C(OC(=O)c3ccccc3)[C@]3(O)C[C@H](OC(=O)[C@@H](O)[C@@H](NC(=O)c4ccccc4)c4ccccc4)C(C)C1C3(C)C)[C@]1(OC(C)=O)CO[C@@H]1C[C@@H]2O. The zero-order chi connectivity index (χ0) is 44.9. The van der Waals surface area contributed by atoms with Crippen molar-refractivity contribution in [1.29, 1.82) is 0 Å². The molecule has 330 valence electrons. The standard InChI is InChI=1S/C47H53NO14/c1-25-31(60-43(56)36(52)35(28-16-10-7-11-17-28)48-41(54)29-18-12-8-13-19-29)23-47(57)40(61-42(55)30-20-14-9-15-21-30)38-45(6,32(51)22-33-46(38,24-58-33)62-27(3)50)39(53)37(59-26(2)49)34(25)44(47,4)5/h7-21,25,31-38,40,51-52,57H,22-24H2,1-6H3,(H,48,54)/t25?,31-,32-,33+,34?,35-,36-,37-,38?,40?,45+,46-,47+/m0/s1. The van der Waals surface area contributed by atoms with Crippen molar-refractivity contribution < 1.29 is 67.8 Å². The summed E-state index contributed by atoms with van der Waals surface area (Å²) in [6.07, 6.45) is -10.1. The maximum Gasteiger partial charge on any atom is 0.338 e. The molecule has 0 radical (unpaired) electrons. The normalized spacial score (nSPS) is 34.2. The van der Waals surface area contributed by atoms with Gasteiger partial charge in [0.25, 0.3) is 5.91 Å². The fourth-order valence-corrected chi connectivity index (χ4v) is 10.8. The number of aliphatic hydroxyl groups is 3. The lowest BCUT2D eigenvalue weighted by atomic mass is 9.42. The van der Waals surface area contributed by atoms with Gasteiger partial charge in [0.1, 0.15) is 23.9 Å². The third kappa shape index (κ3) is 7.37. The van der Waals surface area contributed by atoms with Crippen LogP contribution in [0.2, 0.25) is 0 Å². The quantitative estimate of drug-likeness (QED) is 0.169. The van der Waals surface area contributed by atoms with Gasteiger partial charge in [0.2, 0.25) is 0 Å². The van der Waals surface area contributed by atoms with Crippen LogP contribution in [0.25, 0.3) is 0 Å². The van der Waals surface area contributed by atoms with E-state index < -0.39 is 124 Å². The molecule has 3 aliphatic carbocycles. The van der Waals surface area contributed by atoms with Crippen LogP contribution in [0, 0.1) is 28.6 Å². The highest BCUT2D eigenvalue weighted by Gasteiger charge is 2.79. The third-order valence-electron chi connectivity index (χ3n) is 14.0. The van der Waals surface area contributed by atoms with E-state index in [1.54, 1.807) is 99.6 Å². The monoisotopic (exact) mass is 855 g/mol. The van der Waals surface area contributed by atoms with Crippen molar-refractivity contribution in [2.75, 3.05) is 6.61 Å². The Morgan fingerprint density at radius 3 is 1.95 bits per heavy atom. The van der Waals surface area contributed by atoms with Crippen LogP contribution in [0.4, 0.5) is 0 Å². The molecule has 62 heavy (non-hydrogen) atoms. The van der Waals surface area contributed by atoms with E-state index in [0.717, 1.165) is 13.8 Å². The van der Waals surface area contributed by atoms with E-state index in [1.165, 1.54) is 19.1 Å². The van der Waals surface area contributed by atoms with Crippen molar-refractivity contribution in [1.82, 2.24) is 5.32 Å². The molecule has 3 aromatic rings. The number of ether oxygens (including phenoxy) is 5. The highest BCUT2D eigenvalue weighted by molar-refractivity contribution is 5.95. The van der Waals surface area contributed by atoms with E-state index >= 15 is 4.79 Å². The van der Waals surface area contributed by atoms with Crippen LogP contribution in [0.1, 0.15) is 86.7 Å². The topological polar surface area (TPSA) is 221 Å². The molecular formula is C47H53NO14. The molecule has 1 saturated heterocycles. The van der Waals surface area contributed by atoms with Crippen molar-refractivity contribution >= 4 is 35.6 Å². The molecule has 1 amide bonds. The maximum atomic E-state index is 15.5. The lowest BCUT2D eigenvalue weighted by molar-refractivity contribution is -0.355. The van der Waals surface area contributed by atoms with Gasteiger partial charge in [-0.25, -0.2) is 9.59 Å². The molecule has 1 heterocycles. The molecule has 7 rings (SSSR count). The van der Waals surface area contributed by atoms with Crippen molar-refractivity contribution in [3.8, 4) is 0 Å². The average molecular weight is 856 g/mol. The highest BCUT2D eigenvalue weighted by atomic mass is 16.6. The Morgan fingerprint density at radius 1 is 0.823 bits per heavy atom. The second-order valence-corrected chi connectivity index (χ2v) is 17.8. The van der Waals surface area contributed by atoms with Gasteiger partial charge in [0, 0.05) is 49.5 Å². The summed E-state index contributed by atoms with van der Waals surface area (Å²) in [7, 11) is 0. The van der Waals surface area contributed by atoms with Gasteiger partial charge in [-0.15, -0.1) is 0 Å². The second-order valence-electron chi connectivity index (χ2n) is 17.8. The minimum atomic E-state index is -2.33. The van der Waals surface area contributed by atoms with Crippen LogP contribution in [0.3, 0.4) is 0 Å². The first-order chi connectivity index (χ1) is 29.3. The largest absolute Gasteiger partial charge is 0.460 e. The van der Waals surface area contributed by atoms with Crippen LogP contribution in [0.15, 0.2) is 91.0 Å². The number of rotatable bonds is 10. The molecule has 13 atom stereocenters. The number of ketones is 1. The van der Waals surface area contributed by atoms with Crippen LogP contribution in [-0.4, -0.2) is 105 Å². The number of hydrogen-bond acceptors (Lipinski definition) is 14. The molecule has 4 aliphatic rings. The summed E-state index contributed by atoms with van der Waals surface area (Å²) in [6, 6.07) is 23.1. The number of nitrogens with one attached hydrogen (secondary N) is 1. The molecule has 15 heteroatoms. The zero-order valence-electron chi connectivity index (χ0n) is 35.4. The number of aliphatic hydroxyl groups excluding tert-OH is 2. The van der Waals surface area contributed by atoms with E-state index in [9.17, 15) is 39.3 Å². The van der Waals surface area contributed by atoms with Gasteiger partial charge in [0.15, 0.2) is 23.6 Å². The Morgan fingerprint density at radius 2 is 1.40 bits per heavy atom. The summed E-state index contributed by atoms with van der Waals surface area (Å²) >= 11 is 0. The molecule has 4 fully saturated rings. The number of benzene rings is 3. The molecule has 3 aromatic carbocycles. The summed E-state index contributed by atoms with van der Waals surface area (Å²) in [5, 5.41) is 40.3. The number of carbonyl (C=O) groups is 6. The van der Waals surface area contributed by atoms with Gasteiger partial charge >= 0.3 is 23.9 Å². The second kappa shape index (κ2) is 16.7. The summed E-state index contributed by atoms with van der Waals surface area (Å²) in [6.45, 7) is 8.28. The molecule has 2 bridgehead atoms. The Kier molecular flexibility index (Phi) is 12.0. The van der Waals surface area contributed by atoms with Gasteiger partial charge < -0.3 is 44.3 Å². The van der Waals surface area contributed by atoms with Crippen LogP contribution in [0.5, 0.6) is 0 Å². The van der Waals surface area contributed by atoms with Gasteiger partial charge in [-0.05, 0) is 36.8 Å². The summed E-state index contributed by atoms with van der Waals surface area (Å²) < 4.78 is 30.4. The molecule has 4 unspecified atom stereocenters. The van der Waals surface area contributed by atoms with E-state index in [-0.39, 0.29) is 24.2 Å². The Labute approximate surface area is 359 Å². The summed E-state index contributed by atoms with van der Waals surface area (Å²) in [5.41, 5.74) is -6.93. The first-order valence-corrected chi connectivity index (χ1v) is 20.8. The van der Waals surface area contributed by atoms with Crippen LogP contribution in [-0.2, 0) is 42.9 Å². The zero-order valence-corrected chi connectivity index (χ0v) is 35.4. The summed E-state index contributed by atoms with van der Waals surface area (Å²) in [5.74, 6) is -8.77. The van der Waals surface area contributed by atoms with E-state index in [1.807, 2.05) is 0 Å². The number of carbonyl (C=O) groups excluding carboxylic acids is 6. The van der Waals surface area contributed by atoms with Crippen LogP contribution < -0.4 is 5.32 Å². The number of hydrogen-bond donors (Lipinski definition) is 4. The van der Waals surface area contributed by atoms with E-state index in [2.05, 4.69) is 5.32 Å². The van der Waals surface area contributed by atoms with Crippen molar-refractivity contribution in [3.05, 3.63) is 108 Å². The minimum absolute atomic E-state index is 0.0809. The predicted molar refractivity (Wildman–Crippen MR) is 218 cm³/mol. The fourth-order valence-electron chi connectivity index (χ4n) is 10.8. The number of Topliss-reactive ketones (excluding diaryl/α,β-unsaturated/α-hetero) is 1. The Bertz CT molecular complexity index is 2200.